The van der Waals surface area contributed by atoms with E-state index in [0.717, 1.165) is 13.1 Å². The monoisotopic (exact) mass is 504 g/mol. The van der Waals surface area contributed by atoms with Gasteiger partial charge >= 0.3 is 178 Å². The van der Waals surface area contributed by atoms with Gasteiger partial charge in [0.25, 0.3) is 0 Å². The Labute approximate surface area is 177 Å². The zero-order valence-electron chi connectivity index (χ0n) is 16.1. The van der Waals surface area contributed by atoms with E-state index in [2.05, 4.69) is 118 Å². The number of imidazole rings is 2. The summed E-state index contributed by atoms with van der Waals surface area (Å²) in [6, 6.07) is 21.4. The van der Waals surface area contributed by atoms with E-state index in [1.54, 1.807) is 0 Å². The predicted molar refractivity (Wildman–Crippen MR) is 113 cm³/mol. The quantitative estimate of drug-likeness (QED) is 0.256. The van der Waals surface area contributed by atoms with E-state index < -0.39 is 0 Å². The Morgan fingerprint density at radius 1 is 0.643 bits per heavy atom. The molecule has 2 aromatic heterocycles. The third kappa shape index (κ3) is 4.48. The van der Waals surface area contributed by atoms with Gasteiger partial charge in [0, 0.05) is 0 Å². The molecule has 4 aromatic rings. The Balaban J connectivity index is 1.51. The fraction of sp³-hybridized carbons (Fsp3) is 0.182. The van der Waals surface area contributed by atoms with E-state index in [9.17, 15) is 0 Å². The van der Waals surface area contributed by atoms with E-state index in [0.29, 0.717) is 26.3 Å². The van der Waals surface area contributed by atoms with Gasteiger partial charge in [-0.05, 0) is 0 Å². The normalized spacial score (nSPS) is 11.1. The average Bonchev–Trinajstić information content (AvgIpc) is 3.24. The molecule has 4 nitrogen and oxygen atoms in total. The number of rotatable bonds is 7. The maximum atomic E-state index is 2.40. The minimum absolute atomic E-state index is 0.407. The Morgan fingerprint density at radius 2 is 1.04 bits per heavy atom. The zero-order valence-corrected chi connectivity index (χ0v) is 19.5. The van der Waals surface area contributed by atoms with E-state index >= 15 is 0 Å². The molecule has 0 unspecified atom stereocenters. The van der Waals surface area contributed by atoms with Crippen LogP contribution in [0, 0.1) is 0 Å². The first-order valence-corrected chi connectivity index (χ1v) is 15.3. The second kappa shape index (κ2) is 8.93. The van der Waals surface area contributed by atoms with Crippen LogP contribution in [0.4, 0.5) is 0 Å². The Kier molecular flexibility index (Phi) is 6.13. The number of benzene rings is 2. The summed E-state index contributed by atoms with van der Waals surface area (Å²) < 4.78 is 12.3. The number of aryl methyl sites for hydroxylation is 2. The molecule has 0 aliphatic rings. The van der Waals surface area contributed by atoms with Gasteiger partial charge in [-0.1, -0.05) is 0 Å². The van der Waals surface area contributed by atoms with Crippen molar-refractivity contribution in [2.75, 3.05) is 0 Å². The summed E-state index contributed by atoms with van der Waals surface area (Å²) in [5.74, 6) is 0. The van der Waals surface area contributed by atoms with Gasteiger partial charge in [0.05, 0.1) is 0 Å². The Bertz CT molecular complexity index is 953. The second-order valence-corrected chi connectivity index (χ2v) is 12.6. The van der Waals surface area contributed by atoms with Crippen LogP contribution in [-0.4, -0.2) is 35.4 Å². The van der Waals surface area contributed by atoms with Gasteiger partial charge in [-0.3, -0.25) is 0 Å². The van der Waals surface area contributed by atoms with Crippen LogP contribution in [0.3, 0.4) is 0 Å². The van der Waals surface area contributed by atoms with Gasteiger partial charge in [-0.2, -0.15) is 0 Å². The van der Waals surface area contributed by atoms with Crippen molar-refractivity contribution in [3.05, 3.63) is 96.6 Å². The Hall–Kier alpha value is -2.10. The molecule has 0 radical (unpaired) electrons. The van der Waals surface area contributed by atoms with Crippen molar-refractivity contribution in [2.45, 2.75) is 13.1 Å². The number of nitrogens with zero attached hydrogens (tertiary/aromatic N) is 4. The second-order valence-electron chi connectivity index (χ2n) is 6.78. The Morgan fingerprint density at radius 3 is 1.43 bits per heavy atom. The molecule has 0 fully saturated rings. The molecule has 0 atom stereocenters. The summed E-state index contributed by atoms with van der Waals surface area (Å²) in [6.45, 7) is 1.87. The number of aromatic nitrogens is 4. The topological polar surface area (TPSA) is 17.6 Å². The molecule has 6 heteroatoms. The van der Waals surface area contributed by atoms with E-state index in [-0.39, 0.29) is 0 Å². The SMILES string of the molecule is C[n+]1ccn(Cc2ccccc2)c1[Se][Se]c1n(Cc2ccccc2)cc[n+]1C. The van der Waals surface area contributed by atoms with Crippen molar-refractivity contribution in [3.63, 3.8) is 0 Å². The van der Waals surface area contributed by atoms with E-state index in [1.807, 2.05) is 0 Å². The molecule has 0 aliphatic heterocycles. The van der Waals surface area contributed by atoms with Crippen molar-refractivity contribution in [1.82, 2.24) is 9.13 Å². The third-order valence-corrected chi connectivity index (χ3v) is 11.8. The van der Waals surface area contributed by atoms with Gasteiger partial charge in [0.15, 0.2) is 0 Å². The van der Waals surface area contributed by atoms with Crippen LogP contribution in [0.15, 0.2) is 85.5 Å². The molecule has 28 heavy (non-hydrogen) atoms. The molecule has 142 valence electrons. The molecule has 2 aromatic carbocycles. The number of hydrogen-bond acceptors (Lipinski definition) is 0. The molecular weight excluding hydrogens is 478 g/mol. The first-order chi connectivity index (χ1) is 13.7. The first kappa shape index (κ1) is 19.2. The van der Waals surface area contributed by atoms with Crippen molar-refractivity contribution in [1.29, 1.82) is 0 Å². The number of hydrogen-bond donors (Lipinski definition) is 0. The summed E-state index contributed by atoms with van der Waals surface area (Å²) in [7, 11) is 4.33. The molecule has 0 bridgehead atoms. The van der Waals surface area contributed by atoms with Gasteiger partial charge in [-0.25, -0.2) is 0 Å². The third-order valence-electron chi connectivity index (χ3n) is 4.62. The zero-order chi connectivity index (χ0) is 19.3. The van der Waals surface area contributed by atoms with Gasteiger partial charge < -0.3 is 0 Å². The van der Waals surface area contributed by atoms with Crippen LogP contribution in [0.1, 0.15) is 11.1 Å². The summed E-state index contributed by atoms with van der Waals surface area (Å²) in [5.41, 5.74) is 2.70. The molecule has 0 saturated carbocycles. The van der Waals surface area contributed by atoms with E-state index in [4.69, 9.17) is 0 Å². The van der Waals surface area contributed by atoms with Gasteiger partial charge in [-0.15, -0.1) is 0 Å². The van der Waals surface area contributed by atoms with Crippen molar-refractivity contribution in [3.8, 4) is 0 Å². The van der Waals surface area contributed by atoms with Gasteiger partial charge in [0.2, 0.25) is 0 Å². The average molecular weight is 502 g/mol. The van der Waals surface area contributed by atoms with Crippen molar-refractivity contribution < 1.29 is 9.13 Å². The molecular formula is C22H24N4Se2+2. The predicted octanol–water partition coefficient (Wildman–Crippen LogP) is 0.309. The van der Waals surface area contributed by atoms with Crippen LogP contribution >= 0.6 is 0 Å². The molecule has 0 amide bonds. The molecule has 0 spiro atoms. The molecule has 4 rings (SSSR count). The summed E-state index contributed by atoms with van der Waals surface area (Å²) >= 11 is 0.815. The summed E-state index contributed by atoms with van der Waals surface area (Å²) in [5, 5.41) is 0. The molecule has 2 heterocycles. The molecule has 0 aliphatic carbocycles. The summed E-state index contributed by atoms with van der Waals surface area (Å²) in [6.07, 6.45) is 8.78. The molecule has 0 N–H and O–H groups in total. The first-order valence-electron chi connectivity index (χ1n) is 9.22. The fourth-order valence-electron chi connectivity index (χ4n) is 3.11. The van der Waals surface area contributed by atoms with Crippen LogP contribution in [0.5, 0.6) is 0 Å². The van der Waals surface area contributed by atoms with Crippen LogP contribution in [0.25, 0.3) is 0 Å². The van der Waals surface area contributed by atoms with Crippen LogP contribution in [-0.2, 0) is 27.2 Å². The van der Waals surface area contributed by atoms with Gasteiger partial charge in [0.1, 0.15) is 0 Å². The minimum atomic E-state index is 0.407. The van der Waals surface area contributed by atoms with Crippen LogP contribution in [0.2, 0.25) is 0 Å². The van der Waals surface area contributed by atoms with E-state index in [1.165, 1.54) is 20.6 Å². The standard InChI is InChI=1S/C22H24N4Se2/c1-23-13-15-25(17-19-9-5-3-6-10-19)21(23)27-28-22-24(2)14-16-26(22)18-20-11-7-4-8-12-20/h3-16H,17-18H2,1-2H3/q+2. The fourth-order valence-corrected chi connectivity index (χ4v) is 11.4. The molecule has 0 saturated heterocycles. The summed E-state index contributed by atoms with van der Waals surface area (Å²) in [4.78, 5) is 0. The van der Waals surface area contributed by atoms with Crippen molar-refractivity contribution in [2.24, 2.45) is 14.1 Å². The van der Waals surface area contributed by atoms with Crippen molar-refractivity contribution >= 4 is 35.7 Å². The van der Waals surface area contributed by atoms with Crippen LogP contribution < -0.4 is 18.6 Å². The maximum absolute atomic E-state index is 2.40.